The van der Waals surface area contributed by atoms with Crippen molar-refractivity contribution in [3.8, 4) is 22.8 Å². The number of ether oxygens (including phenoxy) is 2. The maximum absolute atomic E-state index is 9.10. The Balaban J connectivity index is 0.000000401. The van der Waals surface area contributed by atoms with Crippen LogP contribution in [0.15, 0.2) is 42.6 Å². The second-order valence-electron chi connectivity index (χ2n) is 6.26. The summed E-state index contributed by atoms with van der Waals surface area (Å²) in [6.07, 6.45) is 1.81. The van der Waals surface area contributed by atoms with E-state index in [0.717, 1.165) is 34.3 Å². The van der Waals surface area contributed by atoms with E-state index in [1.807, 2.05) is 54.2 Å². The van der Waals surface area contributed by atoms with Gasteiger partial charge >= 0.3 is 11.9 Å². The van der Waals surface area contributed by atoms with Crippen molar-refractivity contribution in [2.75, 3.05) is 12.1 Å². The molecule has 2 aromatic carbocycles. The summed E-state index contributed by atoms with van der Waals surface area (Å²) in [5, 5.41) is 19.3. The van der Waals surface area contributed by atoms with Gasteiger partial charge in [0.05, 0.1) is 11.9 Å². The number of carboxylic acids is 2. The van der Waals surface area contributed by atoms with E-state index in [1.165, 1.54) is 0 Å². The number of benzene rings is 2. The fourth-order valence-corrected chi connectivity index (χ4v) is 3.30. The summed E-state index contributed by atoms with van der Waals surface area (Å²) in [6.45, 7) is 0.750. The molecule has 0 fully saturated rings. The molecule has 0 spiro atoms. The number of hydrogen-bond donors (Lipinski definition) is 3. The number of aromatic nitrogens is 2. The highest BCUT2D eigenvalue weighted by molar-refractivity contribution is 6.36. The van der Waals surface area contributed by atoms with E-state index in [0.29, 0.717) is 16.6 Å². The minimum absolute atomic E-state index is 0.259. The van der Waals surface area contributed by atoms with Crippen molar-refractivity contribution < 1.29 is 29.3 Å². The third-order valence-electron chi connectivity index (χ3n) is 4.32. The van der Waals surface area contributed by atoms with Crippen molar-refractivity contribution in [3.63, 3.8) is 0 Å². The number of halogens is 2. The molecule has 1 aromatic heterocycles. The first kappa shape index (κ1) is 22.3. The average Bonchev–Trinajstić information content (AvgIpc) is 3.34. The lowest BCUT2D eigenvalue weighted by atomic mass is 10.1. The van der Waals surface area contributed by atoms with Crippen LogP contribution in [0.4, 0.5) is 5.95 Å². The van der Waals surface area contributed by atoms with Gasteiger partial charge < -0.3 is 29.6 Å². The molecule has 3 N–H and O–H groups in total. The van der Waals surface area contributed by atoms with E-state index in [1.54, 1.807) is 0 Å². The standard InChI is InChI=1S/C18H15Cl2N3O2.C2H2O4/c1-23-15(11-5-6-16-17(7-11)25-10-24-16)9-22-18(23)21-8-12-13(19)3-2-4-14(12)20;3-1(4)2(5)6/h2-7,9H,8,10H2,1H3,(H,21,22);(H,3,4)(H,5,6). The predicted octanol–water partition coefficient (Wildman–Crippen LogP) is 3.89. The predicted molar refractivity (Wildman–Crippen MR) is 114 cm³/mol. The van der Waals surface area contributed by atoms with Gasteiger partial charge in [0.15, 0.2) is 11.5 Å². The molecular weight excluding hydrogens is 449 g/mol. The van der Waals surface area contributed by atoms with Crippen molar-refractivity contribution >= 4 is 41.1 Å². The van der Waals surface area contributed by atoms with E-state index >= 15 is 0 Å². The Bertz CT molecular complexity index is 1100. The van der Waals surface area contributed by atoms with Crippen molar-refractivity contribution in [1.29, 1.82) is 0 Å². The summed E-state index contributed by atoms with van der Waals surface area (Å²) in [4.78, 5) is 22.7. The molecule has 1 aliphatic heterocycles. The number of nitrogens with one attached hydrogen (secondary N) is 1. The summed E-state index contributed by atoms with van der Waals surface area (Å²) in [7, 11) is 1.95. The second-order valence-corrected chi connectivity index (χ2v) is 7.07. The number of aliphatic carboxylic acids is 2. The van der Waals surface area contributed by atoms with Gasteiger partial charge in [-0.2, -0.15) is 0 Å². The SMILES string of the molecule is Cn1c(-c2ccc3c(c2)OCO3)cnc1NCc1c(Cl)cccc1Cl.O=C(O)C(=O)O. The highest BCUT2D eigenvalue weighted by Crippen LogP contribution is 2.36. The highest BCUT2D eigenvalue weighted by Gasteiger charge is 2.16. The van der Waals surface area contributed by atoms with Crippen molar-refractivity contribution in [2.45, 2.75) is 6.54 Å². The van der Waals surface area contributed by atoms with Crippen LogP contribution in [0.3, 0.4) is 0 Å². The second kappa shape index (κ2) is 9.59. The van der Waals surface area contributed by atoms with Gasteiger partial charge in [0.25, 0.3) is 0 Å². The number of carbonyl (C=O) groups is 2. The number of carboxylic acid groups (broad SMARTS) is 2. The number of imidazole rings is 1. The first-order valence-corrected chi connectivity index (χ1v) is 9.58. The zero-order valence-corrected chi connectivity index (χ0v) is 17.6. The summed E-state index contributed by atoms with van der Waals surface area (Å²) in [6, 6.07) is 11.3. The normalized spacial score (nSPS) is 11.5. The average molecular weight is 466 g/mol. The lowest BCUT2D eigenvalue weighted by molar-refractivity contribution is -0.159. The molecule has 0 aliphatic carbocycles. The molecule has 31 heavy (non-hydrogen) atoms. The molecule has 0 amide bonds. The molecule has 9 nitrogen and oxygen atoms in total. The molecule has 0 atom stereocenters. The van der Waals surface area contributed by atoms with E-state index in [-0.39, 0.29) is 6.79 Å². The first-order chi connectivity index (χ1) is 14.8. The third kappa shape index (κ3) is 5.19. The molecule has 0 saturated heterocycles. The fraction of sp³-hybridized carbons (Fsp3) is 0.150. The van der Waals surface area contributed by atoms with Crippen LogP contribution in [0, 0.1) is 0 Å². The van der Waals surface area contributed by atoms with Crippen molar-refractivity contribution in [3.05, 3.63) is 58.2 Å². The smallest absolute Gasteiger partial charge is 0.414 e. The van der Waals surface area contributed by atoms with Gasteiger partial charge in [0, 0.05) is 34.8 Å². The quantitative estimate of drug-likeness (QED) is 0.495. The van der Waals surface area contributed by atoms with Crippen molar-refractivity contribution in [2.24, 2.45) is 7.05 Å². The molecule has 0 saturated carbocycles. The van der Waals surface area contributed by atoms with E-state index in [9.17, 15) is 0 Å². The Morgan fingerprint density at radius 2 is 1.74 bits per heavy atom. The van der Waals surface area contributed by atoms with E-state index in [4.69, 9.17) is 52.5 Å². The highest BCUT2D eigenvalue weighted by atomic mass is 35.5. The largest absolute Gasteiger partial charge is 0.473 e. The third-order valence-corrected chi connectivity index (χ3v) is 5.03. The summed E-state index contributed by atoms with van der Waals surface area (Å²) < 4.78 is 12.8. The van der Waals surface area contributed by atoms with Crippen LogP contribution in [0.1, 0.15) is 5.56 Å². The molecule has 4 rings (SSSR count). The monoisotopic (exact) mass is 465 g/mol. The first-order valence-electron chi connectivity index (χ1n) is 8.82. The maximum Gasteiger partial charge on any atom is 0.414 e. The zero-order chi connectivity index (χ0) is 22.5. The van der Waals surface area contributed by atoms with Gasteiger partial charge in [-0.05, 0) is 30.3 Å². The molecule has 0 unspecified atom stereocenters. The molecule has 11 heteroatoms. The van der Waals surface area contributed by atoms with Gasteiger partial charge in [-0.15, -0.1) is 0 Å². The van der Waals surface area contributed by atoms with Gasteiger partial charge in [-0.1, -0.05) is 29.3 Å². The van der Waals surface area contributed by atoms with Crippen LogP contribution in [-0.4, -0.2) is 38.5 Å². The molecular formula is C20H17Cl2N3O6. The summed E-state index contributed by atoms with van der Waals surface area (Å²) >= 11 is 12.4. The van der Waals surface area contributed by atoms with Crippen molar-refractivity contribution in [1.82, 2.24) is 9.55 Å². The summed E-state index contributed by atoms with van der Waals surface area (Å²) in [5.41, 5.74) is 2.81. The lowest BCUT2D eigenvalue weighted by Gasteiger charge is -2.11. The number of rotatable bonds is 4. The van der Waals surface area contributed by atoms with Crippen LogP contribution in [-0.2, 0) is 23.2 Å². The number of hydrogen-bond acceptors (Lipinski definition) is 6. The fourth-order valence-electron chi connectivity index (χ4n) is 2.77. The Morgan fingerprint density at radius 3 is 2.39 bits per heavy atom. The van der Waals surface area contributed by atoms with Crippen LogP contribution in [0.5, 0.6) is 11.5 Å². The van der Waals surface area contributed by atoms with E-state index in [2.05, 4.69) is 10.3 Å². The Morgan fingerprint density at radius 1 is 1.10 bits per heavy atom. The van der Waals surface area contributed by atoms with Crippen LogP contribution in [0.25, 0.3) is 11.3 Å². The minimum Gasteiger partial charge on any atom is -0.473 e. The topological polar surface area (TPSA) is 123 Å². The Hall–Kier alpha value is -3.43. The minimum atomic E-state index is -1.82. The number of fused-ring (bicyclic) bond motifs is 1. The molecule has 0 radical (unpaired) electrons. The molecule has 162 valence electrons. The molecule has 1 aliphatic rings. The number of anilines is 1. The lowest BCUT2D eigenvalue weighted by Crippen LogP contribution is -2.09. The van der Waals surface area contributed by atoms with Gasteiger partial charge in [-0.25, -0.2) is 14.6 Å². The van der Waals surface area contributed by atoms with Crippen LogP contribution in [0.2, 0.25) is 10.0 Å². The van der Waals surface area contributed by atoms with E-state index < -0.39 is 11.9 Å². The zero-order valence-electron chi connectivity index (χ0n) is 16.1. The Labute approximate surface area is 186 Å². The summed E-state index contributed by atoms with van der Waals surface area (Å²) in [5.74, 6) is -1.41. The van der Waals surface area contributed by atoms with Crippen LogP contribution < -0.4 is 14.8 Å². The van der Waals surface area contributed by atoms with Crippen LogP contribution >= 0.6 is 23.2 Å². The molecule has 0 bridgehead atoms. The van der Waals surface area contributed by atoms with Gasteiger partial charge in [-0.3, -0.25) is 0 Å². The Kier molecular flexibility index (Phi) is 6.88. The molecule has 3 aromatic rings. The molecule has 2 heterocycles. The van der Waals surface area contributed by atoms with Gasteiger partial charge in [0.2, 0.25) is 12.7 Å². The maximum atomic E-state index is 9.10. The van der Waals surface area contributed by atoms with Gasteiger partial charge in [0.1, 0.15) is 0 Å². The number of nitrogens with zero attached hydrogens (tertiary/aromatic N) is 2.